The molecular formula is C23H28N4O6S. The average molecular weight is 489 g/mol. The SMILES string of the molecule is CCOc1ccc(-c2noc(CN(C)C(=O)[C@@H](C)Oc3ccc(N(C)S(C)(=O)=O)cc3)n2)cc1. The fourth-order valence-electron chi connectivity index (χ4n) is 3.08. The minimum absolute atomic E-state index is 0.120. The molecule has 0 aliphatic heterocycles. The van der Waals surface area contributed by atoms with Gasteiger partial charge in [0.15, 0.2) is 6.10 Å². The number of carbonyl (C=O) groups excluding carboxylic acids is 1. The van der Waals surface area contributed by atoms with E-state index < -0.39 is 16.1 Å². The van der Waals surface area contributed by atoms with E-state index in [-0.39, 0.29) is 12.5 Å². The second-order valence-electron chi connectivity index (χ2n) is 7.65. The molecule has 1 aromatic heterocycles. The molecule has 1 amide bonds. The van der Waals surface area contributed by atoms with Gasteiger partial charge in [0.1, 0.15) is 11.5 Å². The zero-order valence-corrected chi connectivity index (χ0v) is 20.6. The van der Waals surface area contributed by atoms with Gasteiger partial charge in [0, 0.05) is 19.7 Å². The quantitative estimate of drug-likeness (QED) is 0.428. The number of rotatable bonds is 10. The van der Waals surface area contributed by atoms with Gasteiger partial charge in [-0.1, -0.05) is 5.16 Å². The van der Waals surface area contributed by atoms with Crippen molar-refractivity contribution in [1.82, 2.24) is 15.0 Å². The molecule has 182 valence electrons. The third-order valence-corrected chi connectivity index (χ3v) is 6.20. The number of amides is 1. The average Bonchev–Trinajstić information content (AvgIpc) is 3.27. The highest BCUT2D eigenvalue weighted by Crippen LogP contribution is 2.22. The molecule has 3 rings (SSSR count). The molecule has 34 heavy (non-hydrogen) atoms. The van der Waals surface area contributed by atoms with Crippen molar-refractivity contribution in [3.63, 3.8) is 0 Å². The Morgan fingerprint density at radius 3 is 2.26 bits per heavy atom. The summed E-state index contributed by atoms with van der Waals surface area (Å²) in [6, 6.07) is 13.8. The van der Waals surface area contributed by atoms with Gasteiger partial charge in [0.05, 0.1) is 25.1 Å². The first-order valence-electron chi connectivity index (χ1n) is 10.6. The molecule has 3 aromatic rings. The van der Waals surface area contributed by atoms with Crippen molar-refractivity contribution < 1.29 is 27.2 Å². The van der Waals surface area contributed by atoms with E-state index in [4.69, 9.17) is 14.0 Å². The van der Waals surface area contributed by atoms with Crippen LogP contribution in [0.25, 0.3) is 11.4 Å². The van der Waals surface area contributed by atoms with Gasteiger partial charge in [-0.3, -0.25) is 9.10 Å². The number of ether oxygens (including phenoxy) is 2. The van der Waals surface area contributed by atoms with Crippen molar-refractivity contribution in [1.29, 1.82) is 0 Å². The molecule has 2 aromatic carbocycles. The molecule has 0 unspecified atom stereocenters. The molecule has 0 bridgehead atoms. The first kappa shape index (κ1) is 25.0. The fraction of sp³-hybridized carbons (Fsp3) is 0.348. The van der Waals surface area contributed by atoms with Crippen LogP contribution in [0.4, 0.5) is 5.69 Å². The van der Waals surface area contributed by atoms with Crippen LogP contribution >= 0.6 is 0 Å². The van der Waals surface area contributed by atoms with Crippen molar-refractivity contribution in [2.45, 2.75) is 26.5 Å². The van der Waals surface area contributed by atoms with Gasteiger partial charge in [-0.05, 0) is 62.4 Å². The molecule has 0 saturated heterocycles. The summed E-state index contributed by atoms with van der Waals surface area (Å²) in [6.07, 6.45) is 0.343. The Morgan fingerprint density at radius 2 is 1.68 bits per heavy atom. The summed E-state index contributed by atoms with van der Waals surface area (Å²) in [5.74, 6) is 1.63. The molecule has 11 heteroatoms. The van der Waals surface area contributed by atoms with Crippen molar-refractivity contribution >= 4 is 21.6 Å². The Hall–Kier alpha value is -3.60. The number of nitrogens with zero attached hydrogens (tertiary/aromatic N) is 4. The summed E-state index contributed by atoms with van der Waals surface area (Å²) in [7, 11) is -0.279. The Balaban J connectivity index is 1.58. The largest absolute Gasteiger partial charge is 0.494 e. The van der Waals surface area contributed by atoms with E-state index in [1.807, 2.05) is 31.2 Å². The van der Waals surface area contributed by atoms with Crippen LogP contribution in [0.1, 0.15) is 19.7 Å². The van der Waals surface area contributed by atoms with Crippen molar-refractivity contribution in [3.8, 4) is 22.9 Å². The zero-order valence-electron chi connectivity index (χ0n) is 19.8. The van der Waals surface area contributed by atoms with Gasteiger partial charge in [-0.15, -0.1) is 0 Å². The van der Waals surface area contributed by atoms with Gasteiger partial charge in [0.2, 0.25) is 21.7 Å². The molecule has 0 aliphatic rings. The molecule has 0 fully saturated rings. The number of benzene rings is 2. The van der Waals surface area contributed by atoms with Crippen LogP contribution in [0, 0.1) is 0 Å². The van der Waals surface area contributed by atoms with Gasteiger partial charge < -0.3 is 18.9 Å². The molecule has 1 heterocycles. The maximum absolute atomic E-state index is 12.7. The summed E-state index contributed by atoms with van der Waals surface area (Å²) in [4.78, 5) is 18.5. The maximum atomic E-state index is 12.7. The lowest BCUT2D eigenvalue weighted by Gasteiger charge is -2.21. The summed E-state index contributed by atoms with van der Waals surface area (Å²) in [5, 5.41) is 3.98. The minimum Gasteiger partial charge on any atom is -0.494 e. The van der Waals surface area contributed by atoms with Crippen molar-refractivity contribution in [3.05, 3.63) is 54.4 Å². The summed E-state index contributed by atoms with van der Waals surface area (Å²) in [6.45, 7) is 4.25. The lowest BCUT2D eigenvalue weighted by molar-refractivity contribution is -0.137. The molecule has 1 atom stereocenters. The van der Waals surface area contributed by atoms with E-state index in [2.05, 4.69) is 10.1 Å². The standard InChI is InChI=1S/C23H28N4O6S/c1-6-31-19-11-7-17(8-12-19)22-24-21(33-25-22)15-26(3)23(28)16(2)32-20-13-9-18(10-14-20)27(4)34(5,29)30/h7-14,16H,6,15H2,1-5H3/t16-/m1/s1. The predicted octanol–water partition coefficient (Wildman–Crippen LogP) is 2.96. The van der Waals surface area contributed by atoms with Gasteiger partial charge >= 0.3 is 0 Å². The monoisotopic (exact) mass is 488 g/mol. The van der Waals surface area contributed by atoms with Gasteiger partial charge in [0.25, 0.3) is 5.91 Å². The van der Waals surface area contributed by atoms with Crippen LogP contribution in [0.3, 0.4) is 0 Å². The molecular weight excluding hydrogens is 460 g/mol. The third-order valence-electron chi connectivity index (χ3n) is 5.00. The van der Waals surface area contributed by atoms with Gasteiger partial charge in [-0.25, -0.2) is 8.42 Å². The van der Waals surface area contributed by atoms with E-state index in [0.29, 0.717) is 29.8 Å². The molecule has 0 radical (unpaired) electrons. The van der Waals surface area contributed by atoms with Crippen LogP contribution in [0.15, 0.2) is 53.1 Å². The number of hydrogen-bond acceptors (Lipinski definition) is 8. The van der Waals surface area contributed by atoms with Crippen molar-refractivity contribution in [2.75, 3.05) is 31.3 Å². The Labute approximate surface area is 199 Å². The second kappa shape index (κ2) is 10.6. The van der Waals surface area contributed by atoms with Crippen LogP contribution in [-0.4, -0.2) is 62.4 Å². The Kier molecular flexibility index (Phi) is 7.77. The highest BCUT2D eigenvalue weighted by molar-refractivity contribution is 7.92. The number of likely N-dealkylation sites (N-methyl/N-ethyl adjacent to an activating group) is 1. The number of aromatic nitrogens is 2. The Bertz CT molecular complexity index is 1210. The number of carbonyl (C=O) groups is 1. The van der Waals surface area contributed by atoms with E-state index in [9.17, 15) is 13.2 Å². The minimum atomic E-state index is -3.36. The molecule has 0 spiro atoms. The van der Waals surface area contributed by atoms with E-state index in [1.165, 1.54) is 11.9 Å². The highest BCUT2D eigenvalue weighted by atomic mass is 32.2. The summed E-state index contributed by atoms with van der Waals surface area (Å²) in [5.41, 5.74) is 1.26. The number of anilines is 1. The van der Waals surface area contributed by atoms with Crippen LogP contribution in [0.2, 0.25) is 0 Å². The predicted molar refractivity (Wildman–Crippen MR) is 127 cm³/mol. The first-order valence-corrected chi connectivity index (χ1v) is 12.4. The number of sulfonamides is 1. The Morgan fingerprint density at radius 1 is 1.06 bits per heavy atom. The molecule has 0 aliphatic carbocycles. The van der Waals surface area contributed by atoms with Crippen molar-refractivity contribution in [2.24, 2.45) is 0 Å². The summed E-state index contributed by atoms with van der Waals surface area (Å²) < 4.78 is 40.9. The smallest absolute Gasteiger partial charge is 0.263 e. The van der Waals surface area contributed by atoms with E-state index in [1.54, 1.807) is 38.2 Å². The first-order chi connectivity index (χ1) is 16.1. The second-order valence-corrected chi connectivity index (χ2v) is 9.66. The molecule has 10 nitrogen and oxygen atoms in total. The molecule has 0 N–H and O–H groups in total. The summed E-state index contributed by atoms with van der Waals surface area (Å²) >= 11 is 0. The number of hydrogen-bond donors (Lipinski definition) is 0. The van der Waals surface area contributed by atoms with E-state index in [0.717, 1.165) is 21.9 Å². The fourth-order valence-corrected chi connectivity index (χ4v) is 3.58. The van der Waals surface area contributed by atoms with Crippen LogP contribution in [-0.2, 0) is 21.4 Å². The highest BCUT2D eigenvalue weighted by Gasteiger charge is 2.22. The zero-order chi connectivity index (χ0) is 24.9. The molecule has 0 saturated carbocycles. The maximum Gasteiger partial charge on any atom is 0.263 e. The lowest BCUT2D eigenvalue weighted by Crippen LogP contribution is -2.37. The van der Waals surface area contributed by atoms with Gasteiger partial charge in [-0.2, -0.15) is 4.98 Å². The normalized spacial score (nSPS) is 12.1. The van der Waals surface area contributed by atoms with Crippen LogP contribution < -0.4 is 13.8 Å². The van der Waals surface area contributed by atoms with Crippen LogP contribution in [0.5, 0.6) is 11.5 Å². The third kappa shape index (κ3) is 6.25. The lowest BCUT2D eigenvalue weighted by atomic mass is 10.2. The van der Waals surface area contributed by atoms with E-state index >= 15 is 0 Å². The topological polar surface area (TPSA) is 115 Å².